The summed E-state index contributed by atoms with van der Waals surface area (Å²) in [4.78, 5) is 0. The van der Waals surface area contributed by atoms with Crippen molar-refractivity contribution in [3.05, 3.63) is 70.8 Å². The van der Waals surface area contributed by atoms with Gasteiger partial charge in [-0.3, -0.25) is 0 Å². The van der Waals surface area contributed by atoms with E-state index < -0.39 is 0 Å². The Morgan fingerprint density at radius 2 is 1.68 bits per heavy atom. The van der Waals surface area contributed by atoms with Crippen LogP contribution in [0.1, 0.15) is 16.7 Å². The normalized spacial score (nSPS) is 12.4. The molecule has 0 heterocycles. The molecule has 0 spiro atoms. The Balaban J connectivity index is 2.07. The molecule has 100 valence electrons. The lowest BCUT2D eigenvalue weighted by Gasteiger charge is -2.14. The van der Waals surface area contributed by atoms with Crippen LogP contribution in [-0.2, 0) is 12.8 Å². The van der Waals surface area contributed by atoms with Gasteiger partial charge in [-0.05, 0) is 54.7 Å². The highest BCUT2D eigenvalue weighted by Gasteiger charge is 2.10. The van der Waals surface area contributed by atoms with E-state index in [1.165, 1.54) is 18.2 Å². The van der Waals surface area contributed by atoms with Gasteiger partial charge in [0, 0.05) is 6.04 Å². The van der Waals surface area contributed by atoms with Crippen LogP contribution in [0.5, 0.6) is 0 Å². The second kappa shape index (κ2) is 5.93. The molecule has 0 saturated heterocycles. The molecule has 0 aromatic heterocycles. The lowest BCUT2D eigenvalue weighted by molar-refractivity contribution is 0.581. The number of hydrogen-bond donors (Lipinski definition) is 1. The molecule has 0 amide bonds. The summed E-state index contributed by atoms with van der Waals surface area (Å²) in [7, 11) is 0. The van der Waals surface area contributed by atoms with Gasteiger partial charge in [-0.2, -0.15) is 0 Å². The smallest absolute Gasteiger partial charge is 0.126 e. The fraction of sp³-hybridized carbons (Fsp3) is 0.250. The lowest BCUT2D eigenvalue weighted by atomic mass is 9.97. The molecule has 0 aliphatic heterocycles. The molecule has 0 aliphatic rings. The van der Waals surface area contributed by atoms with Gasteiger partial charge in [0.25, 0.3) is 0 Å². The van der Waals surface area contributed by atoms with Crippen LogP contribution in [-0.4, -0.2) is 6.04 Å². The predicted octanol–water partition coefficient (Wildman–Crippen LogP) is 3.39. The van der Waals surface area contributed by atoms with Crippen LogP contribution >= 0.6 is 0 Å². The molecule has 0 aliphatic carbocycles. The summed E-state index contributed by atoms with van der Waals surface area (Å²) in [5.74, 6) is -0.507. The molecule has 0 radical (unpaired) electrons. The molecule has 0 bridgehead atoms. The van der Waals surface area contributed by atoms with Crippen molar-refractivity contribution >= 4 is 0 Å². The molecular weight excluding hydrogens is 244 g/mol. The van der Waals surface area contributed by atoms with Gasteiger partial charge in [0.2, 0.25) is 0 Å². The molecule has 2 rings (SSSR count). The molecule has 1 nitrogen and oxygen atoms in total. The Hall–Kier alpha value is -1.74. The molecule has 19 heavy (non-hydrogen) atoms. The summed E-state index contributed by atoms with van der Waals surface area (Å²) in [6.45, 7) is 1.92. The first-order valence-corrected chi connectivity index (χ1v) is 6.30. The standard InChI is InChI=1S/C16H17F2N/c1-11-6-7-14(17)8-13(11)10-15(19)9-12-4-2-3-5-16(12)18/h2-8,15H,9-10,19H2,1H3. The molecule has 2 aromatic rings. The van der Waals surface area contributed by atoms with Crippen LogP contribution < -0.4 is 5.73 Å². The quantitative estimate of drug-likeness (QED) is 0.897. The van der Waals surface area contributed by atoms with Crippen molar-refractivity contribution in [1.82, 2.24) is 0 Å². The van der Waals surface area contributed by atoms with Gasteiger partial charge in [0.15, 0.2) is 0 Å². The highest BCUT2D eigenvalue weighted by molar-refractivity contribution is 5.28. The van der Waals surface area contributed by atoms with Crippen molar-refractivity contribution in [1.29, 1.82) is 0 Å². The minimum atomic E-state index is -0.265. The zero-order valence-electron chi connectivity index (χ0n) is 10.9. The number of nitrogens with two attached hydrogens (primary N) is 1. The van der Waals surface area contributed by atoms with Gasteiger partial charge in [0.1, 0.15) is 11.6 Å². The first-order chi connectivity index (χ1) is 9.06. The molecule has 2 N–H and O–H groups in total. The van der Waals surface area contributed by atoms with Gasteiger partial charge < -0.3 is 5.73 Å². The molecule has 1 unspecified atom stereocenters. The van der Waals surface area contributed by atoms with Crippen LogP contribution in [0, 0.1) is 18.6 Å². The second-order valence-electron chi connectivity index (χ2n) is 4.83. The summed E-state index contributed by atoms with van der Waals surface area (Å²) in [6, 6.07) is 11.0. The van der Waals surface area contributed by atoms with Crippen molar-refractivity contribution in [3.8, 4) is 0 Å². The van der Waals surface area contributed by atoms with E-state index in [1.54, 1.807) is 24.3 Å². The Morgan fingerprint density at radius 1 is 1.00 bits per heavy atom. The summed E-state index contributed by atoms with van der Waals surface area (Å²) < 4.78 is 26.7. The Labute approximate surface area is 112 Å². The van der Waals surface area contributed by atoms with E-state index in [-0.39, 0.29) is 17.7 Å². The van der Waals surface area contributed by atoms with E-state index >= 15 is 0 Å². The highest BCUT2D eigenvalue weighted by atomic mass is 19.1. The molecule has 3 heteroatoms. The minimum Gasteiger partial charge on any atom is -0.327 e. The number of aryl methyl sites for hydroxylation is 1. The van der Waals surface area contributed by atoms with Gasteiger partial charge in [-0.25, -0.2) is 8.78 Å². The monoisotopic (exact) mass is 261 g/mol. The van der Waals surface area contributed by atoms with Crippen molar-refractivity contribution in [3.63, 3.8) is 0 Å². The Morgan fingerprint density at radius 3 is 2.42 bits per heavy atom. The fourth-order valence-corrected chi connectivity index (χ4v) is 2.16. The van der Waals surface area contributed by atoms with E-state index in [0.29, 0.717) is 18.4 Å². The van der Waals surface area contributed by atoms with E-state index in [2.05, 4.69) is 0 Å². The zero-order valence-corrected chi connectivity index (χ0v) is 10.9. The van der Waals surface area contributed by atoms with Crippen LogP contribution in [0.15, 0.2) is 42.5 Å². The maximum absolute atomic E-state index is 13.5. The maximum Gasteiger partial charge on any atom is 0.126 e. The minimum absolute atomic E-state index is 0.225. The van der Waals surface area contributed by atoms with Crippen molar-refractivity contribution in [2.45, 2.75) is 25.8 Å². The largest absolute Gasteiger partial charge is 0.327 e. The van der Waals surface area contributed by atoms with Crippen LogP contribution in [0.2, 0.25) is 0 Å². The van der Waals surface area contributed by atoms with Gasteiger partial charge in [-0.15, -0.1) is 0 Å². The van der Waals surface area contributed by atoms with E-state index in [1.807, 2.05) is 6.92 Å². The molecule has 0 fully saturated rings. The zero-order chi connectivity index (χ0) is 13.8. The number of rotatable bonds is 4. The predicted molar refractivity (Wildman–Crippen MR) is 72.9 cm³/mol. The topological polar surface area (TPSA) is 26.0 Å². The average molecular weight is 261 g/mol. The Kier molecular flexibility index (Phi) is 4.27. The third-order valence-corrected chi connectivity index (χ3v) is 3.23. The van der Waals surface area contributed by atoms with Gasteiger partial charge >= 0.3 is 0 Å². The highest BCUT2D eigenvalue weighted by Crippen LogP contribution is 2.15. The summed E-state index contributed by atoms with van der Waals surface area (Å²) in [5.41, 5.74) is 8.52. The first kappa shape index (κ1) is 13.7. The summed E-state index contributed by atoms with van der Waals surface area (Å²) in [5, 5.41) is 0. The second-order valence-corrected chi connectivity index (χ2v) is 4.83. The lowest BCUT2D eigenvalue weighted by Crippen LogP contribution is -2.26. The third-order valence-electron chi connectivity index (χ3n) is 3.23. The van der Waals surface area contributed by atoms with E-state index in [4.69, 9.17) is 5.73 Å². The number of halogens is 2. The third kappa shape index (κ3) is 3.61. The first-order valence-electron chi connectivity index (χ1n) is 6.30. The Bertz CT molecular complexity index is 566. The van der Waals surface area contributed by atoms with Crippen molar-refractivity contribution in [2.24, 2.45) is 5.73 Å². The van der Waals surface area contributed by atoms with Crippen LogP contribution in [0.25, 0.3) is 0 Å². The number of hydrogen-bond acceptors (Lipinski definition) is 1. The molecule has 0 saturated carbocycles. The van der Waals surface area contributed by atoms with Crippen molar-refractivity contribution < 1.29 is 8.78 Å². The fourth-order valence-electron chi connectivity index (χ4n) is 2.16. The summed E-state index contributed by atoms with van der Waals surface area (Å²) >= 11 is 0. The average Bonchev–Trinajstić information content (AvgIpc) is 2.37. The summed E-state index contributed by atoms with van der Waals surface area (Å²) in [6.07, 6.45) is 0.987. The molecule has 1 atom stereocenters. The molecular formula is C16H17F2N. The van der Waals surface area contributed by atoms with Crippen molar-refractivity contribution in [2.75, 3.05) is 0 Å². The van der Waals surface area contributed by atoms with Crippen LogP contribution in [0.3, 0.4) is 0 Å². The molecule has 2 aromatic carbocycles. The SMILES string of the molecule is Cc1ccc(F)cc1CC(N)Cc1ccccc1F. The van der Waals surface area contributed by atoms with Gasteiger partial charge in [-0.1, -0.05) is 24.3 Å². The number of benzene rings is 2. The maximum atomic E-state index is 13.5. The van der Waals surface area contributed by atoms with E-state index in [0.717, 1.165) is 11.1 Å². The van der Waals surface area contributed by atoms with Crippen LogP contribution in [0.4, 0.5) is 8.78 Å². The van der Waals surface area contributed by atoms with Gasteiger partial charge in [0.05, 0.1) is 0 Å². The van der Waals surface area contributed by atoms with E-state index in [9.17, 15) is 8.78 Å².